The molecule has 3 rings (SSSR count). The van der Waals surface area contributed by atoms with Crippen LogP contribution >= 0.6 is 11.3 Å². The van der Waals surface area contributed by atoms with E-state index in [1.807, 2.05) is 42.5 Å². The highest BCUT2D eigenvalue weighted by molar-refractivity contribution is 7.18. The van der Waals surface area contributed by atoms with Gasteiger partial charge in [0.15, 0.2) is 0 Å². The fourth-order valence-corrected chi connectivity index (χ4v) is 3.56. The third-order valence-electron chi connectivity index (χ3n) is 3.89. The van der Waals surface area contributed by atoms with Gasteiger partial charge in [-0.15, -0.1) is 11.3 Å². The van der Waals surface area contributed by atoms with Gasteiger partial charge in [0, 0.05) is 6.42 Å². The summed E-state index contributed by atoms with van der Waals surface area (Å²) in [6.45, 7) is 0.932. The number of para-hydroxylation sites is 1. The van der Waals surface area contributed by atoms with Gasteiger partial charge >= 0.3 is 0 Å². The molecule has 6 heteroatoms. The number of amides is 1. The van der Waals surface area contributed by atoms with Crippen molar-refractivity contribution in [2.24, 2.45) is 0 Å². The highest BCUT2D eigenvalue weighted by atomic mass is 32.1. The van der Waals surface area contributed by atoms with Crippen LogP contribution in [0.1, 0.15) is 17.8 Å². The van der Waals surface area contributed by atoms with E-state index in [9.17, 15) is 4.79 Å². The van der Waals surface area contributed by atoms with Gasteiger partial charge in [-0.05, 0) is 49.2 Å². The summed E-state index contributed by atoms with van der Waals surface area (Å²) in [7, 11) is 1.63. The van der Waals surface area contributed by atoms with Gasteiger partial charge in [-0.25, -0.2) is 4.98 Å². The average molecular weight is 370 g/mol. The molecule has 1 aromatic heterocycles. The molecule has 26 heavy (non-hydrogen) atoms. The van der Waals surface area contributed by atoms with Crippen LogP contribution in [0.25, 0.3) is 10.2 Å². The predicted molar refractivity (Wildman–Crippen MR) is 104 cm³/mol. The van der Waals surface area contributed by atoms with Crippen LogP contribution in [0.5, 0.6) is 11.5 Å². The first-order chi connectivity index (χ1) is 12.7. The lowest BCUT2D eigenvalue weighted by molar-refractivity contribution is -0.121. The quantitative estimate of drug-likeness (QED) is 0.582. The van der Waals surface area contributed by atoms with Gasteiger partial charge in [-0.3, -0.25) is 4.79 Å². The van der Waals surface area contributed by atoms with E-state index < -0.39 is 0 Å². The topological polar surface area (TPSA) is 60.5 Å². The van der Waals surface area contributed by atoms with Gasteiger partial charge in [0.1, 0.15) is 18.1 Å². The highest BCUT2D eigenvalue weighted by Crippen LogP contribution is 2.22. The molecule has 0 atom stereocenters. The molecule has 3 aromatic rings. The number of fused-ring (bicyclic) bond motifs is 1. The Labute approximate surface area is 157 Å². The zero-order valence-corrected chi connectivity index (χ0v) is 15.6. The van der Waals surface area contributed by atoms with Crippen LogP contribution in [0.3, 0.4) is 0 Å². The number of aromatic nitrogens is 1. The van der Waals surface area contributed by atoms with Gasteiger partial charge in [0.25, 0.3) is 0 Å². The number of ether oxygens (including phenoxy) is 2. The second kappa shape index (κ2) is 9.20. The molecule has 0 aliphatic heterocycles. The molecule has 2 aromatic carbocycles. The summed E-state index contributed by atoms with van der Waals surface area (Å²) in [5.41, 5.74) is 1.03. The Balaban J connectivity index is 1.31. The molecule has 0 saturated heterocycles. The van der Waals surface area contributed by atoms with Crippen molar-refractivity contribution in [2.45, 2.75) is 19.3 Å². The maximum Gasteiger partial charge on any atom is 0.220 e. The molecular weight excluding hydrogens is 348 g/mol. The first-order valence-electron chi connectivity index (χ1n) is 8.62. The molecule has 5 nitrogen and oxygen atoms in total. The van der Waals surface area contributed by atoms with E-state index in [0.717, 1.165) is 34.9 Å². The van der Waals surface area contributed by atoms with E-state index in [1.165, 1.54) is 4.70 Å². The average Bonchev–Trinajstić information content (AvgIpc) is 3.08. The van der Waals surface area contributed by atoms with Gasteiger partial charge < -0.3 is 14.8 Å². The largest absolute Gasteiger partial charge is 0.497 e. The number of hydrogen-bond donors (Lipinski definition) is 1. The van der Waals surface area contributed by atoms with Crippen LogP contribution < -0.4 is 14.8 Å². The van der Waals surface area contributed by atoms with Crippen LogP contribution in [0.4, 0.5) is 0 Å². The minimum atomic E-state index is 0.0458. The first-order valence-corrected chi connectivity index (χ1v) is 9.44. The second-order valence-corrected chi connectivity index (χ2v) is 6.92. The molecule has 1 heterocycles. The van der Waals surface area contributed by atoms with E-state index >= 15 is 0 Å². The summed E-state index contributed by atoms with van der Waals surface area (Å²) >= 11 is 1.70. The van der Waals surface area contributed by atoms with Crippen LogP contribution in [-0.2, 0) is 11.2 Å². The van der Waals surface area contributed by atoms with Gasteiger partial charge in [0.2, 0.25) is 5.91 Å². The number of nitrogens with one attached hydrogen (secondary N) is 1. The van der Waals surface area contributed by atoms with Gasteiger partial charge in [0.05, 0.1) is 28.9 Å². The number of hydrogen-bond acceptors (Lipinski definition) is 5. The Morgan fingerprint density at radius 1 is 1.12 bits per heavy atom. The number of carbonyl (C=O) groups excluding carboxylic acids is 1. The molecule has 1 N–H and O–H groups in total. The number of nitrogens with zero attached hydrogens (tertiary/aromatic N) is 1. The lowest BCUT2D eigenvalue weighted by Crippen LogP contribution is -2.27. The lowest BCUT2D eigenvalue weighted by atomic mass is 10.2. The Morgan fingerprint density at radius 2 is 1.88 bits per heavy atom. The zero-order valence-electron chi connectivity index (χ0n) is 14.7. The molecule has 0 fully saturated rings. The summed E-state index contributed by atoms with van der Waals surface area (Å²) in [5, 5.41) is 3.97. The molecule has 0 radical (unpaired) electrons. The molecule has 0 unspecified atom stereocenters. The first kappa shape index (κ1) is 18.2. The predicted octanol–water partition coefficient (Wildman–Crippen LogP) is 3.82. The summed E-state index contributed by atoms with van der Waals surface area (Å²) in [4.78, 5) is 16.5. The summed E-state index contributed by atoms with van der Waals surface area (Å²) < 4.78 is 11.9. The lowest BCUT2D eigenvalue weighted by Gasteiger charge is -2.08. The van der Waals surface area contributed by atoms with E-state index in [1.54, 1.807) is 18.4 Å². The third-order valence-corrected chi connectivity index (χ3v) is 4.98. The summed E-state index contributed by atoms with van der Waals surface area (Å²) in [5.74, 6) is 1.60. The molecule has 0 bridgehead atoms. The SMILES string of the molecule is COc1ccc(OCCNC(=O)CCCc2nc3ccccc3s2)cc1. The molecule has 0 aliphatic carbocycles. The maximum absolute atomic E-state index is 11.9. The Morgan fingerprint density at radius 3 is 2.65 bits per heavy atom. The molecule has 0 spiro atoms. The van der Waals surface area contributed by atoms with Crippen molar-refractivity contribution >= 4 is 27.5 Å². The van der Waals surface area contributed by atoms with Crippen molar-refractivity contribution in [2.75, 3.05) is 20.3 Å². The van der Waals surface area contributed by atoms with Crippen molar-refractivity contribution < 1.29 is 14.3 Å². The van der Waals surface area contributed by atoms with Crippen molar-refractivity contribution in [3.05, 3.63) is 53.5 Å². The Hall–Kier alpha value is -2.60. The molecular formula is C20H22N2O3S. The van der Waals surface area contributed by atoms with E-state index in [4.69, 9.17) is 9.47 Å². The highest BCUT2D eigenvalue weighted by Gasteiger charge is 2.05. The van der Waals surface area contributed by atoms with Crippen molar-refractivity contribution in [1.82, 2.24) is 10.3 Å². The second-order valence-electron chi connectivity index (χ2n) is 5.80. The number of carbonyl (C=O) groups is 1. The zero-order chi connectivity index (χ0) is 18.2. The standard InChI is InChI=1S/C20H22N2O3S/c1-24-15-9-11-16(12-10-15)25-14-13-21-19(23)7-4-8-20-22-17-5-2-3-6-18(17)26-20/h2-3,5-6,9-12H,4,7-8,13-14H2,1H3,(H,21,23). The minimum absolute atomic E-state index is 0.0458. The van der Waals surface area contributed by atoms with Crippen LogP contribution in [0, 0.1) is 0 Å². The van der Waals surface area contributed by atoms with Crippen molar-refractivity contribution in [3.63, 3.8) is 0 Å². The summed E-state index contributed by atoms with van der Waals surface area (Å²) in [6, 6.07) is 15.5. The number of aryl methyl sites for hydroxylation is 1. The normalized spacial score (nSPS) is 10.7. The van der Waals surface area contributed by atoms with Crippen LogP contribution in [0.2, 0.25) is 0 Å². The Bertz CT molecular complexity index is 813. The molecule has 0 saturated carbocycles. The molecule has 0 aliphatic rings. The number of methoxy groups -OCH3 is 1. The molecule has 1 amide bonds. The fourth-order valence-electron chi connectivity index (χ4n) is 2.55. The van der Waals surface area contributed by atoms with E-state index in [-0.39, 0.29) is 5.91 Å². The fraction of sp³-hybridized carbons (Fsp3) is 0.300. The van der Waals surface area contributed by atoms with Crippen molar-refractivity contribution in [1.29, 1.82) is 0 Å². The van der Waals surface area contributed by atoms with Gasteiger partial charge in [-0.2, -0.15) is 0 Å². The monoisotopic (exact) mass is 370 g/mol. The minimum Gasteiger partial charge on any atom is -0.497 e. The third kappa shape index (κ3) is 5.20. The number of thiazole rings is 1. The maximum atomic E-state index is 11.9. The number of rotatable bonds is 9. The Kier molecular flexibility index (Phi) is 6.44. The van der Waals surface area contributed by atoms with Gasteiger partial charge in [-0.1, -0.05) is 12.1 Å². The summed E-state index contributed by atoms with van der Waals surface area (Å²) in [6.07, 6.45) is 2.12. The number of benzene rings is 2. The van der Waals surface area contributed by atoms with Crippen LogP contribution in [0.15, 0.2) is 48.5 Å². The smallest absolute Gasteiger partial charge is 0.220 e. The van der Waals surface area contributed by atoms with Crippen LogP contribution in [-0.4, -0.2) is 31.2 Å². The van der Waals surface area contributed by atoms with Crippen molar-refractivity contribution in [3.8, 4) is 11.5 Å². The van der Waals surface area contributed by atoms with E-state index in [0.29, 0.717) is 19.6 Å². The van der Waals surface area contributed by atoms with E-state index in [2.05, 4.69) is 16.4 Å². The molecule has 136 valence electrons.